The van der Waals surface area contributed by atoms with E-state index in [1.54, 1.807) is 13.3 Å². The molecule has 4 rings (SSSR count). The third kappa shape index (κ3) is 4.09. The van der Waals surface area contributed by atoms with Crippen LogP contribution in [-0.2, 0) is 6.42 Å². The highest BCUT2D eigenvalue weighted by Crippen LogP contribution is 2.22. The fraction of sp³-hybridized carbons (Fsp3) is 0.350. The second kappa shape index (κ2) is 7.75. The van der Waals surface area contributed by atoms with E-state index in [0.717, 1.165) is 48.6 Å². The number of aliphatic hydroxyl groups is 1. The largest absolute Gasteiger partial charge is 0.497 e. The summed E-state index contributed by atoms with van der Waals surface area (Å²) in [6.45, 7) is 1.64. The van der Waals surface area contributed by atoms with Crippen molar-refractivity contribution in [2.24, 2.45) is 0 Å². The SMILES string of the molecule is COc1ccc(Cc2noc(-c3ccc(N4CCC(O)CC4)nc3)n2)cc1. The molecule has 0 aliphatic carbocycles. The molecule has 1 aliphatic rings. The fourth-order valence-electron chi connectivity index (χ4n) is 3.16. The zero-order valence-electron chi connectivity index (χ0n) is 15.2. The van der Waals surface area contributed by atoms with Crippen LogP contribution < -0.4 is 9.64 Å². The second-order valence-corrected chi connectivity index (χ2v) is 6.66. The highest BCUT2D eigenvalue weighted by Gasteiger charge is 2.18. The Morgan fingerprint density at radius 3 is 2.59 bits per heavy atom. The van der Waals surface area contributed by atoms with Crippen molar-refractivity contribution in [1.29, 1.82) is 0 Å². The van der Waals surface area contributed by atoms with Crippen LogP contribution in [0.2, 0.25) is 0 Å². The Morgan fingerprint density at radius 2 is 1.93 bits per heavy atom. The Bertz CT molecular complexity index is 869. The average Bonchev–Trinajstić information content (AvgIpc) is 3.18. The van der Waals surface area contributed by atoms with Gasteiger partial charge in [-0.15, -0.1) is 0 Å². The van der Waals surface area contributed by atoms with Gasteiger partial charge in [-0.3, -0.25) is 0 Å². The number of methoxy groups -OCH3 is 1. The van der Waals surface area contributed by atoms with Crippen LogP contribution in [0.3, 0.4) is 0 Å². The van der Waals surface area contributed by atoms with Gasteiger partial charge in [-0.2, -0.15) is 4.98 Å². The Labute approximate surface area is 157 Å². The molecule has 0 bridgehead atoms. The summed E-state index contributed by atoms with van der Waals surface area (Å²) in [5.74, 6) is 2.82. The van der Waals surface area contributed by atoms with Gasteiger partial charge in [0.05, 0.1) is 18.8 Å². The maximum atomic E-state index is 9.62. The molecule has 0 radical (unpaired) electrons. The molecule has 7 heteroatoms. The van der Waals surface area contributed by atoms with Crippen molar-refractivity contribution in [1.82, 2.24) is 15.1 Å². The molecule has 27 heavy (non-hydrogen) atoms. The van der Waals surface area contributed by atoms with Crippen molar-refractivity contribution in [3.05, 3.63) is 54.0 Å². The number of hydrogen-bond donors (Lipinski definition) is 1. The molecule has 1 saturated heterocycles. The number of piperidine rings is 1. The van der Waals surface area contributed by atoms with E-state index in [4.69, 9.17) is 9.26 Å². The minimum atomic E-state index is -0.192. The number of benzene rings is 1. The summed E-state index contributed by atoms with van der Waals surface area (Å²) in [5.41, 5.74) is 1.88. The van der Waals surface area contributed by atoms with E-state index in [1.165, 1.54) is 0 Å². The molecule has 3 heterocycles. The number of pyridine rings is 1. The summed E-state index contributed by atoms with van der Waals surface area (Å²) < 4.78 is 10.6. The van der Waals surface area contributed by atoms with Crippen LogP contribution in [0.15, 0.2) is 47.1 Å². The quantitative estimate of drug-likeness (QED) is 0.743. The molecule has 0 amide bonds. The molecule has 0 unspecified atom stereocenters. The van der Waals surface area contributed by atoms with E-state index in [9.17, 15) is 5.11 Å². The van der Waals surface area contributed by atoms with Crippen LogP contribution >= 0.6 is 0 Å². The lowest BCUT2D eigenvalue weighted by Crippen LogP contribution is -2.36. The molecular weight excluding hydrogens is 344 g/mol. The summed E-state index contributed by atoms with van der Waals surface area (Å²) in [6, 6.07) is 11.7. The van der Waals surface area contributed by atoms with E-state index in [2.05, 4.69) is 20.0 Å². The van der Waals surface area contributed by atoms with E-state index < -0.39 is 0 Å². The molecule has 7 nitrogen and oxygen atoms in total. The minimum Gasteiger partial charge on any atom is -0.497 e. The first kappa shape index (κ1) is 17.5. The molecule has 2 aromatic heterocycles. The van der Waals surface area contributed by atoms with Gasteiger partial charge >= 0.3 is 0 Å². The van der Waals surface area contributed by atoms with Gasteiger partial charge in [0.25, 0.3) is 5.89 Å². The van der Waals surface area contributed by atoms with Gasteiger partial charge in [0.2, 0.25) is 0 Å². The lowest BCUT2D eigenvalue weighted by molar-refractivity contribution is 0.145. The first-order valence-corrected chi connectivity index (χ1v) is 9.06. The molecule has 140 valence electrons. The number of anilines is 1. The molecular formula is C20H22N4O3. The second-order valence-electron chi connectivity index (χ2n) is 6.66. The fourth-order valence-corrected chi connectivity index (χ4v) is 3.16. The van der Waals surface area contributed by atoms with E-state index >= 15 is 0 Å². The number of aliphatic hydroxyl groups excluding tert-OH is 1. The Hall–Kier alpha value is -2.93. The zero-order chi connectivity index (χ0) is 18.6. The Balaban J connectivity index is 1.43. The van der Waals surface area contributed by atoms with Crippen LogP contribution in [-0.4, -0.2) is 46.5 Å². The van der Waals surface area contributed by atoms with Gasteiger partial charge in [-0.1, -0.05) is 17.3 Å². The summed E-state index contributed by atoms with van der Waals surface area (Å²) >= 11 is 0. The van der Waals surface area contributed by atoms with Crippen LogP contribution in [0.25, 0.3) is 11.5 Å². The van der Waals surface area contributed by atoms with Gasteiger partial charge in [0.15, 0.2) is 5.82 Å². The van der Waals surface area contributed by atoms with E-state index in [-0.39, 0.29) is 6.10 Å². The normalized spacial score (nSPS) is 15.1. The van der Waals surface area contributed by atoms with Gasteiger partial charge in [0, 0.05) is 25.7 Å². The van der Waals surface area contributed by atoms with Crippen LogP contribution in [0.4, 0.5) is 5.82 Å². The van der Waals surface area contributed by atoms with Crippen LogP contribution in [0, 0.1) is 0 Å². The number of hydrogen-bond acceptors (Lipinski definition) is 7. The van der Waals surface area contributed by atoms with Gasteiger partial charge in [0.1, 0.15) is 11.6 Å². The number of aromatic nitrogens is 3. The minimum absolute atomic E-state index is 0.192. The maximum absolute atomic E-state index is 9.62. The number of ether oxygens (including phenoxy) is 1. The summed E-state index contributed by atoms with van der Waals surface area (Å²) in [5, 5.41) is 13.7. The predicted molar refractivity (Wildman–Crippen MR) is 101 cm³/mol. The lowest BCUT2D eigenvalue weighted by Gasteiger charge is -2.30. The molecule has 1 N–H and O–H groups in total. The highest BCUT2D eigenvalue weighted by molar-refractivity contribution is 5.54. The average molecular weight is 366 g/mol. The zero-order valence-corrected chi connectivity index (χ0v) is 15.2. The van der Waals surface area contributed by atoms with Gasteiger partial charge in [-0.25, -0.2) is 4.98 Å². The van der Waals surface area contributed by atoms with Gasteiger partial charge < -0.3 is 19.3 Å². The smallest absolute Gasteiger partial charge is 0.259 e. The molecule has 1 aliphatic heterocycles. The van der Waals surface area contributed by atoms with Crippen LogP contribution in [0.5, 0.6) is 5.75 Å². The topological polar surface area (TPSA) is 84.5 Å². The molecule has 3 aromatic rings. The molecule has 0 atom stereocenters. The Morgan fingerprint density at radius 1 is 1.15 bits per heavy atom. The molecule has 0 saturated carbocycles. The van der Waals surface area contributed by atoms with Crippen molar-refractivity contribution in [2.75, 3.05) is 25.1 Å². The standard InChI is InChI=1S/C20H22N4O3/c1-26-17-5-2-14(3-6-17)12-18-22-20(27-23-18)15-4-7-19(21-13-15)24-10-8-16(25)9-11-24/h2-7,13,16,25H,8-12H2,1H3. The maximum Gasteiger partial charge on any atom is 0.259 e. The Kier molecular flexibility index (Phi) is 5.02. The molecule has 0 spiro atoms. The predicted octanol–water partition coefficient (Wildman–Crippen LogP) is 2.69. The van der Waals surface area contributed by atoms with Crippen LogP contribution in [0.1, 0.15) is 24.2 Å². The highest BCUT2D eigenvalue weighted by atomic mass is 16.5. The van der Waals surface area contributed by atoms with Crippen molar-refractivity contribution >= 4 is 5.82 Å². The lowest BCUT2D eigenvalue weighted by atomic mass is 10.1. The number of nitrogens with zero attached hydrogens (tertiary/aromatic N) is 4. The van der Waals surface area contributed by atoms with Crippen molar-refractivity contribution < 1.29 is 14.4 Å². The van der Waals surface area contributed by atoms with Gasteiger partial charge in [-0.05, 0) is 42.7 Å². The van der Waals surface area contributed by atoms with E-state index in [0.29, 0.717) is 18.1 Å². The van der Waals surface area contributed by atoms with Crippen molar-refractivity contribution in [2.45, 2.75) is 25.4 Å². The summed E-state index contributed by atoms with van der Waals surface area (Å²) in [4.78, 5) is 11.2. The summed E-state index contributed by atoms with van der Waals surface area (Å²) in [7, 11) is 1.65. The van der Waals surface area contributed by atoms with Crippen molar-refractivity contribution in [3.63, 3.8) is 0 Å². The number of rotatable bonds is 5. The first-order chi connectivity index (χ1) is 13.2. The summed E-state index contributed by atoms with van der Waals surface area (Å²) in [6.07, 6.45) is 3.71. The van der Waals surface area contributed by atoms with E-state index in [1.807, 2.05) is 36.4 Å². The monoisotopic (exact) mass is 366 g/mol. The molecule has 1 fully saturated rings. The molecule has 1 aromatic carbocycles. The third-order valence-electron chi connectivity index (χ3n) is 4.77. The first-order valence-electron chi connectivity index (χ1n) is 9.06. The van der Waals surface area contributed by atoms with Crippen molar-refractivity contribution in [3.8, 4) is 17.2 Å². The third-order valence-corrected chi connectivity index (χ3v) is 4.77.